The Hall–Kier alpha value is 1.71. The maximum Gasteiger partial charge on any atom is 2.00 e. The van der Waals surface area contributed by atoms with Crippen molar-refractivity contribution in [1.29, 1.82) is 0 Å². The van der Waals surface area contributed by atoms with E-state index in [0.717, 1.165) is 3.55 Å². The van der Waals surface area contributed by atoms with Crippen molar-refractivity contribution in [2.75, 3.05) is 0 Å². The van der Waals surface area contributed by atoms with Crippen LogP contribution < -0.4 is 0 Å². The third-order valence-corrected chi connectivity index (χ3v) is 9.77. The Balaban J connectivity index is -0.000000107. The summed E-state index contributed by atoms with van der Waals surface area (Å²) < 4.78 is 0.926. The van der Waals surface area contributed by atoms with Gasteiger partial charge in [0.25, 0.3) is 0 Å². The van der Waals surface area contributed by atoms with E-state index in [-0.39, 0.29) is 25.9 Å². The van der Waals surface area contributed by atoms with E-state index >= 15 is 0 Å². The number of hydrogen-bond donors (Lipinski definition) is 0. The third kappa shape index (κ3) is 5.37. The van der Waals surface area contributed by atoms with Crippen LogP contribution >= 0.6 is 22.6 Å². The van der Waals surface area contributed by atoms with Gasteiger partial charge in [0.2, 0.25) is 0 Å². The number of alkyl halides is 1. The van der Waals surface area contributed by atoms with E-state index in [0.29, 0.717) is 5.41 Å². The van der Waals surface area contributed by atoms with Gasteiger partial charge in [-0.2, -0.15) is 0 Å². The first-order valence-electron chi connectivity index (χ1n) is 3.49. The topological polar surface area (TPSA) is 0 Å². The summed E-state index contributed by atoms with van der Waals surface area (Å²) in [5, 5.41) is 0. The van der Waals surface area contributed by atoms with Crippen molar-refractivity contribution in [3.8, 4) is 0 Å². The zero-order valence-electron chi connectivity index (χ0n) is 9.74. The zero-order valence-corrected chi connectivity index (χ0v) is 12.5. The molecule has 1 atom stereocenters. The zero-order chi connectivity index (χ0) is 7.65. The van der Waals surface area contributed by atoms with Crippen LogP contribution in [-0.2, 0) is 0 Å². The van der Waals surface area contributed by atoms with Gasteiger partial charge in [0.05, 0.1) is 0 Å². The van der Waals surface area contributed by atoms with Gasteiger partial charge in [-0.25, -0.2) is 0 Å². The van der Waals surface area contributed by atoms with Crippen molar-refractivity contribution in [3.05, 3.63) is 0 Å². The molecule has 0 rings (SSSR count). The molecule has 0 aliphatic carbocycles. The van der Waals surface area contributed by atoms with Gasteiger partial charge in [0.1, 0.15) is 0 Å². The predicted octanol–water partition coefficient (Wildman–Crippen LogP) is 2.71. The van der Waals surface area contributed by atoms with Crippen LogP contribution in [0, 0.1) is 5.41 Å². The summed E-state index contributed by atoms with van der Waals surface area (Å²) in [6, 6.07) is 0. The van der Waals surface area contributed by atoms with Gasteiger partial charge in [-0.3, -0.25) is 0 Å². The van der Waals surface area contributed by atoms with Gasteiger partial charge >= 0.3 is 23.1 Å². The predicted molar refractivity (Wildman–Crippen MR) is 64.1 cm³/mol. The Morgan fingerprint density at radius 3 is 1.60 bits per heavy atom. The van der Waals surface area contributed by atoms with Crippen LogP contribution in [0.25, 0.3) is 0 Å². The summed E-state index contributed by atoms with van der Waals surface area (Å²) in [6.07, 6.45) is 0. The fourth-order valence-electron chi connectivity index (χ4n) is 1.00. The average Bonchev–Trinajstić information content (AvgIpc) is 1.62. The fraction of sp³-hybridized carbons (Fsp3) is 1.00. The minimum atomic E-state index is -0.403. The first-order valence-corrected chi connectivity index (χ1v) is 7.72. The standard InChI is InChI=1S/C7H17ISi.Mg.2H/c1-7(2,3)6(8)9(4)5;;;/h6,9H,1-5H3;;;/q;+2;2*-1. The molecule has 3 heteroatoms. The Labute approximate surface area is 99.4 Å². The van der Waals surface area contributed by atoms with Crippen molar-refractivity contribution < 1.29 is 2.85 Å². The van der Waals surface area contributed by atoms with Crippen LogP contribution in [0.1, 0.15) is 23.6 Å². The van der Waals surface area contributed by atoms with Gasteiger partial charge in [0, 0.05) is 12.3 Å². The molecule has 0 aromatic heterocycles. The van der Waals surface area contributed by atoms with E-state index in [4.69, 9.17) is 0 Å². The number of hydrogen-bond acceptors (Lipinski definition) is 0. The molecule has 0 aliphatic heterocycles. The minimum absolute atomic E-state index is 0. The van der Waals surface area contributed by atoms with E-state index < -0.39 is 8.80 Å². The molecule has 10 heavy (non-hydrogen) atoms. The van der Waals surface area contributed by atoms with Crippen LogP contribution in [0.15, 0.2) is 0 Å². The van der Waals surface area contributed by atoms with Crippen molar-refractivity contribution in [3.63, 3.8) is 0 Å². The van der Waals surface area contributed by atoms with Crippen molar-refractivity contribution in [2.24, 2.45) is 5.41 Å². The first-order chi connectivity index (χ1) is 3.85. The summed E-state index contributed by atoms with van der Waals surface area (Å²) in [5.41, 5.74) is 0.529. The molecular formula is C7H19IMgSi. The normalized spacial score (nSPS) is 14.7. The fourth-order valence-corrected chi connectivity index (χ4v) is 3.00. The van der Waals surface area contributed by atoms with Crippen LogP contribution in [0.4, 0.5) is 0 Å². The van der Waals surface area contributed by atoms with Crippen molar-refractivity contribution >= 4 is 54.4 Å². The van der Waals surface area contributed by atoms with Crippen LogP contribution in [-0.4, -0.2) is 35.4 Å². The monoisotopic (exact) mass is 282 g/mol. The molecule has 0 bridgehead atoms. The summed E-state index contributed by atoms with van der Waals surface area (Å²) in [5.74, 6) is 0. The van der Waals surface area contributed by atoms with Crippen LogP contribution in [0.5, 0.6) is 0 Å². The van der Waals surface area contributed by atoms with E-state index in [2.05, 4.69) is 56.5 Å². The smallest absolute Gasteiger partial charge is 1.00 e. The van der Waals surface area contributed by atoms with E-state index in [1.807, 2.05) is 0 Å². The number of rotatable bonds is 1. The molecule has 0 saturated heterocycles. The second kappa shape index (κ2) is 5.37. The Morgan fingerprint density at radius 1 is 1.30 bits per heavy atom. The maximum absolute atomic E-state index is 2.60. The molecule has 0 radical (unpaired) electrons. The molecule has 0 aromatic carbocycles. The molecule has 0 saturated carbocycles. The minimum Gasteiger partial charge on any atom is -1.00 e. The number of halogens is 1. The molecule has 0 nitrogen and oxygen atoms in total. The second-order valence-electron chi connectivity index (χ2n) is 4.01. The molecule has 0 spiro atoms. The molecule has 1 unspecified atom stereocenters. The molecule has 60 valence electrons. The molecule has 0 aliphatic rings. The molecule has 0 heterocycles. The maximum atomic E-state index is 2.60. The quantitative estimate of drug-likeness (QED) is 0.394. The molecule has 0 N–H and O–H groups in total. The summed E-state index contributed by atoms with van der Waals surface area (Å²) >= 11 is 2.60. The van der Waals surface area contributed by atoms with Crippen molar-refractivity contribution in [2.45, 2.75) is 37.4 Å². The Bertz CT molecular complexity index is 95.9. The SMILES string of the molecule is C[SiH](C)C(I)C(C)(C)C.[H-].[H-].[Mg+2]. The van der Waals surface area contributed by atoms with Crippen molar-refractivity contribution in [1.82, 2.24) is 0 Å². The Kier molecular flexibility index (Phi) is 7.66. The van der Waals surface area contributed by atoms with E-state index in [9.17, 15) is 0 Å². The third-order valence-electron chi connectivity index (χ3n) is 1.41. The second-order valence-corrected chi connectivity index (χ2v) is 9.87. The summed E-state index contributed by atoms with van der Waals surface area (Å²) in [7, 11) is -0.403. The van der Waals surface area contributed by atoms with Crippen LogP contribution in [0.3, 0.4) is 0 Å². The molecular weight excluding hydrogens is 263 g/mol. The first kappa shape index (κ1) is 14.2. The summed E-state index contributed by atoms with van der Waals surface area (Å²) in [6.45, 7) is 11.8. The van der Waals surface area contributed by atoms with Gasteiger partial charge in [-0.1, -0.05) is 56.5 Å². The Morgan fingerprint density at radius 2 is 1.60 bits per heavy atom. The van der Waals surface area contributed by atoms with Gasteiger partial charge in [0.15, 0.2) is 0 Å². The molecule has 0 fully saturated rings. The molecule has 0 amide bonds. The van der Waals surface area contributed by atoms with Gasteiger partial charge < -0.3 is 2.85 Å². The molecule has 0 aromatic rings. The largest absolute Gasteiger partial charge is 2.00 e. The average molecular weight is 283 g/mol. The van der Waals surface area contributed by atoms with E-state index in [1.54, 1.807) is 0 Å². The van der Waals surface area contributed by atoms with E-state index in [1.165, 1.54) is 0 Å². The summed E-state index contributed by atoms with van der Waals surface area (Å²) in [4.78, 5) is 0. The van der Waals surface area contributed by atoms with Gasteiger partial charge in [-0.15, -0.1) is 0 Å². The van der Waals surface area contributed by atoms with Gasteiger partial charge in [-0.05, 0) is 5.41 Å². The van der Waals surface area contributed by atoms with Crippen LogP contribution in [0.2, 0.25) is 13.1 Å².